The molecule has 2 rings (SSSR count). The van der Waals surface area contributed by atoms with E-state index in [0.717, 1.165) is 24.8 Å². The van der Waals surface area contributed by atoms with Crippen molar-refractivity contribution in [2.45, 2.75) is 52.1 Å². The van der Waals surface area contributed by atoms with Crippen molar-refractivity contribution in [2.24, 2.45) is 5.41 Å². The molecule has 0 aromatic heterocycles. The number of aliphatic hydroxyl groups excluding tert-OH is 1. The van der Waals surface area contributed by atoms with Crippen molar-refractivity contribution in [3.63, 3.8) is 0 Å². The fourth-order valence-corrected chi connectivity index (χ4v) is 2.98. The second-order valence-electron chi connectivity index (χ2n) is 4.99. The summed E-state index contributed by atoms with van der Waals surface area (Å²) < 4.78 is 0. The SMILES string of the molecule is CC1=C2CCC(=O)C[C@@]2(C)CC[C@@H]1O. The van der Waals surface area contributed by atoms with Gasteiger partial charge in [-0.15, -0.1) is 0 Å². The molecule has 0 aromatic rings. The number of allylic oxidation sites excluding steroid dienone is 1. The zero-order chi connectivity index (χ0) is 10.3. The van der Waals surface area contributed by atoms with Gasteiger partial charge in [0.1, 0.15) is 5.78 Å². The van der Waals surface area contributed by atoms with E-state index in [4.69, 9.17) is 0 Å². The molecular formula is C12H18O2. The second-order valence-corrected chi connectivity index (χ2v) is 4.99. The highest BCUT2D eigenvalue weighted by Gasteiger charge is 2.40. The third-order valence-corrected chi connectivity index (χ3v) is 3.92. The maximum Gasteiger partial charge on any atom is 0.134 e. The summed E-state index contributed by atoms with van der Waals surface area (Å²) >= 11 is 0. The topological polar surface area (TPSA) is 37.3 Å². The van der Waals surface area contributed by atoms with Crippen LogP contribution in [0, 0.1) is 5.41 Å². The van der Waals surface area contributed by atoms with Crippen LogP contribution < -0.4 is 0 Å². The minimum atomic E-state index is -0.258. The third-order valence-electron chi connectivity index (χ3n) is 3.92. The quantitative estimate of drug-likeness (QED) is 0.600. The van der Waals surface area contributed by atoms with E-state index < -0.39 is 0 Å². The normalized spacial score (nSPS) is 38.5. The summed E-state index contributed by atoms with van der Waals surface area (Å²) in [4.78, 5) is 11.4. The molecule has 0 bridgehead atoms. The summed E-state index contributed by atoms with van der Waals surface area (Å²) in [5.41, 5.74) is 2.56. The number of carbonyl (C=O) groups is 1. The molecular weight excluding hydrogens is 176 g/mol. The first kappa shape index (κ1) is 9.91. The Morgan fingerprint density at radius 3 is 2.86 bits per heavy atom. The lowest BCUT2D eigenvalue weighted by atomic mass is 9.63. The van der Waals surface area contributed by atoms with Crippen molar-refractivity contribution in [1.82, 2.24) is 0 Å². The molecule has 14 heavy (non-hydrogen) atoms. The number of ketones is 1. The largest absolute Gasteiger partial charge is 0.389 e. The lowest BCUT2D eigenvalue weighted by molar-refractivity contribution is -0.122. The van der Waals surface area contributed by atoms with Gasteiger partial charge in [-0.05, 0) is 37.2 Å². The smallest absolute Gasteiger partial charge is 0.134 e. The zero-order valence-corrected chi connectivity index (χ0v) is 8.97. The van der Waals surface area contributed by atoms with Gasteiger partial charge in [0.05, 0.1) is 6.10 Å². The van der Waals surface area contributed by atoms with Gasteiger partial charge in [0.2, 0.25) is 0 Å². The average molecular weight is 194 g/mol. The van der Waals surface area contributed by atoms with Gasteiger partial charge in [0, 0.05) is 12.8 Å². The van der Waals surface area contributed by atoms with E-state index in [1.54, 1.807) is 0 Å². The molecule has 0 aliphatic heterocycles. The number of rotatable bonds is 0. The van der Waals surface area contributed by atoms with Crippen LogP contribution in [-0.4, -0.2) is 17.0 Å². The van der Waals surface area contributed by atoms with Crippen LogP contribution in [0.5, 0.6) is 0 Å². The average Bonchev–Trinajstić information content (AvgIpc) is 2.12. The molecule has 0 amide bonds. The molecule has 0 aromatic carbocycles. The van der Waals surface area contributed by atoms with E-state index in [2.05, 4.69) is 6.92 Å². The fourth-order valence-electron chi connectivity index (χ4n) is 2.98. The summed E-state index contributed by atoms with van der Waals surface area (Å²) in [7, 11) is 0. The predicted molar refractivity (Wildman–Crippen MR) is 54.9 cm³/mol. The van der Waals surface area contributed by atoms with Crippen LogP contribution in [0.15, 0.2) is 11.1 Å². The molecule has 0 heterocycles. The summed E-state index contributed by atoms with van der Waals surface area (Å²) in [6.45, 7) is 4.20. The molecule has 0 unspecified atom stereocenters. The van der Waals surface area contributed by atoms with Crippen LogP contribution in [-0.2, 0) is 4.79 Å². The van der Waals surface area contributed by atoms with Gasteiger partial charge in [0.15, 0.2) is 0 Å². The Balaban J connectivity index is 2.37. The number of Topliss-reactive ketones (excluding diaryl/α,β-unsaturated/α-hetero) is 1. The van der Waals surface area contributed by atoms with E-state index >= 15 is 0 Å². The van der Waals surface area contributed by atoms with E-state index in [0.29, 0.717) is 18.6 Å². The minimum Gasteiger partial charge on any atom is -0.389 e. The summed E-state index contributed by atoms with van der Waals surface area (Å²) in [6, 6.07) is 0. The van der Waals surface area contributed by atoms with E-state index in [1.807, 2.05) is 6.92 Å². The molecule has 1 saturated carbocycles. The standard InChI is InChI=1S/C12H18O2/c1-8-10-4-3-9(13)7-12(10,2)6-5-11(8)14/h11,14H,3-7H2,1-2H3/t11-,12+/m0/s1. The van der Waals surface area contributed by atoms with Crippen molar-refractivity contribution < 1.29 is 9.90 Å². The molecule has 2 nitrogen and oxygen atoms in total. The molecule has 0 radical (unpaired) electrons. The van der Waals surface area contributed by atoms with Gasteiger partial charge < -0.3 is 5.11 Å². The molecule has 2 aliphatic carbocycles. The zero-order valence-electron chi connectivity index (χ0n) is 8.97. The Morgan fingerprint density at radius 1 is 1.43 bits per heavy atom. The first-order valence-corrected chi connectivity index (χ1v) is 5.43. The summed E-state index contributed by atoms with van der Waals surface area (Å²) in [5.74, 6) is 0.389. The number of aliphatic hydroxyl groups is 1. The Morgan fingerprint density at radius 2 is 2.14 bits per heavy atom. The highest BCUT2D eigenvalue weighted by atomic mass is 16.3. The molecule has 2 atom stereocenters. The number of hydrogen-bond acceptors (Lipinski definition) is 2. The van der Waals surface area contributed by atoms with Gasteiger partial charge in [-0.1, -0.05) is 12.5 Å². The lowest BCUT2D eigenvalue weighted by Crippen LogP contribution is -2.35. The van der Waals surface area contributed by atoms with Crippen LogP contribution in [0.1, 0.15) is 46.0 Å². The molecule has 1 fully saturated rings. The van der Waals surface area contributed by atoms with Gasteiger partial charge in [0.25, 0.3) is 0 Å². The number of carbonyl (C=O) groups excluding carboxylic acids is 1. The molecule has 2 aliphatic rings. The highest BCUT2D eigenvalue weighted by molar-refractivity contribution is 5.81. The molecule has 78 valence electrons. The monoisotopic (exact) mass is 194 g/mol. The van der Waals surface area contributed by atoms with Gasteiger partial charge in [-0.3, -0.25) is 4.79 Å². The Bertz CT molecular complexity index is 303. The lowest BCUT2D eigenvalue weighted by Gasteiger charge is -2.42. The van der Waals surface area contributed by atoms with E-state index in [1.165, 1.54) is 5.57 Å². The van der Waals surface area contributed by atoms with E-state index in [9.17, 15) is 9.90 Å². The van der Waals surface area contributed by atoms with E-state index in [-0.39, 0.29) is 11.5 Å². The summed E-state index contributed by atoms with van der Waals surface area (Å²) in [5, 5.41) is 9.75. The summed E-state index contributed by atoms with van der Waals surface area (Å²) in [6.07, 6.45) is 3.76. The van der Waals surface area contributed by atoms with Crippen LogP contribution in [0.2, 0.25) is 0 Å². The maximum atomic E-state index is 11.4. The number of hydrogen-bond donors (Lipinski definition) is 1. The minimum absolute atomic E-state index is 0.0681. The van der Waals surface area contributed by atoms with Crippen molar-refractivity contribution in [1.29, 1.82) is 0 Å². The Labute approximate surface area is 85.0 Å². The highest BCUT2D eigenvalue weighted by Crippen LogP contribution is 2.48. The van der Waals surface area contributed by atoms with Gasteiger partial charge in [-0.25, -0.2) is 0 Å². The van der Waals surface area contributed by atoms with Gasteiger partial charge >= 0.3 is 0 Å². The van der Waals surface area contributed by atoms with Crippen LogP contribution >= 0.6 is 0 Å². The second kappa shape index (κ2) is 3.20. The Kier molecular flexibility index (Phi) is 2.26. The predicted octanol–water partition coefficient (Wildman–Crippen LogP) is 2.22. The Hall–Kier alpha value is -0.630. The molecule has 0 saturated heterocycles. The van der Waals surface area contributed by atoms with Crippen molar-refractivity contribution >= 4 is 5.78 Å². The van der Waals surface area contributed by atoms with Crippen molar-refractivity contribution in [2.75, 3.05) is 0 Å². The third kappa shape index (κ3) is 1.42. The first-order valence-electron chi connectivity index (χ1n) is 5.43. The first-order chi connectivity index (χ1) is 6.53. The number of fused-ring (bicyclic) bond motifs is 1. The van der Waals surface area contributed by atoms with Crippen molar-refractivity contribution in [3.8, 4) is 0 Å². The van der Waals surface area contributed by atoms with Gasteiger partial charge in [-0.2, -0.15) is 0 Å². The molecule has 0 spiro atoms. The van der Waals surface area contributed by atoms with Crippen LogP contribution in [0.3, 0.4) is 0 Å². The fraction of sp³-hybridized carbons (Fsp3) is 0.750. The molecule has 2 heteroatoms. The molecule has 1 N–H and O–H groups in total. The van der Waals surface area contributed by atoms with Crippen molar-refractivity contribution in [3.05, 3.63) is 11.1 Å². The maximum absolute atomic E-state index is 11.4. The van der Waals surface area contributed by atoms with Crippen LogP contribution in [0.4, 0.5) is 0 Å². The van der Waals surface area contributed by atoms with Crippen LogP contribution in [0.25, 0.3) is 0 Å².